The first kappa shape index (κ1) is 20.4. The van der Waals surface area contributed by atoms with E-state index in [1.54, 1.807) is 14.2 Å². The molecule has 0 aliphatic carbocycles. The standard InChI is InChI=1S/C17H21N3O4S.ClH/c1-22-13-5-3-10(7-15(13)23-2)12-9-25-17(19-12)20-16(21)14-6-4-11(8-18)24-14;/h3,5,7,9,11,14H,4,6,8,18H2,1-2H3,(H,19,20,21);1H/t11-,14+;/m1./s1. The molecule has 1 amide bonds. The molecule has 1 saturated heterocycles. The number of carbonyl (C=O) groups excluding carboxylic acids is 1. The van der Waals surface area contributed by atoms with Crippen LogP contribution >= 0.6 is 23.7 Å². The van der Waals surface area contributed by atoms with E-state index < -0.39 is 6.10 Å². The molecule has 1 aromatic carbocycles. The highest BCUT2D eigenvalue weighted by molar-refractivity contribution is 7.14. The van der Waals surface area contributed by atoms with Crippen molar-refractivity contribution in [1.29, 1.82) is 0 Å². The van der Waals surface area contributed by atoms with Crippen LogP contribution in [0, 0.1) is 0 Å². The molecule has 1 fully saturated rings. The zero-order valence-electron chi connectivity index (χ0n) is 14.6. The number of rotatable bonds is 6. The minimum Gasteiger partial charge on any atom is -0.493 e. The van der Waals surface area contributed by atoms with Gasteiger partial charge in [0.25, 0.3) is 5.91 Å². The van der Waals surface area contributed by atoms with Crippen molar-refractivity contribution in [3.05, 3.63) is 23.6 Å². The Kier molecular flexibility index (Phi) is 7.22. The van der Waals surface area contributed by atoms with Gasteiger partial charge >= 0.3 is 0 Å². The Morgan fingerprint density at radius 2 is 2.12 bits per heavy atom. The highest BCUT2D eigenvalue weighted by Crippen LogP contribution is 2.33. The van der Waals surface area contributed by atoms with Crippen molar-refractivity contribution >= 4 is 34.8 Å². The van der Waals surface area contributed by atoms with Gasteiger partial charge in [-0.05, 0) is 31.0 Å². The molecular weight excluding hydrogens is 378 g/mol. The van der Waals surface area contributed by atoms with Crippen molar-refractivity contribution in [2.75, 3.05) is 26.1 Å². The summed E-state index contributed by atoms with van der Waals surface area (Å²) in [4.78, 5) is 16.7. The molecule has 1 aliphatic rings. The lowest BCUT2D eigenvalue weighted by molar-refractivity contribution is -0.126. The fourth-order valence-corrected chi connectivity index (χ4v) is 3.44. The van der Waals surface area contributed by atoms with Gasteiger partial charge < -0.3 is 19.9 Å². The number of methoxy groups -OCH3 is 2. The third-order valence-corrected chi connectivity index (χ3v) is 4.83. The Balaban J connectivity index is 0.00000243. The molecule has 2 heterocycles. The van der Waals surface area contributed by atoms with Crippen molar-refractivity contribution in [2.45, 2.75) is 25.0 Å². The average Bonchev–Trinajstić information content (AvgIpc) is 3.30. The number of hydrogen-bond acceptors (Lipinski definition) is 7. The molecule has 3 rings (SSSR count). The van der Waals surface area contributed by atoms with Crippen LogP contribution in [0.3, 0.4) is 0 Å². The highest BCUT2D eigenvalue weighted by Gasteiger charge is 2.30. The van der Waals surface area contributed by atoms with E-state index >= 15 is 0 Å². The molecule has 142 valence electrons. The predicted molar refractivity (Wildman–Crippen MR) is 103 cm³/mol. The number of ether oxygens (including phenoxy) is 3. The normalized spacial score (nSPS) is 18.9. The maximum atomic E-state index is 12.3. The Bertz CT molecular complexity index is 755. The average molecular weight is 400 g/mol. The number of nitrogens with two attached hydrogens (primary N) is 1. The van der Waals surface area contributed by atoms with Crippen molar-refractivity contribution in [1.82, 2.24) is 4.98 Å². The quantitative estimate of drug-likeness (QED) is 0.775. The first-order valence-electron chi connectivity index (χ1n) is 7.99. The minimum absolute atomic E-state index is 0. The number of amides is 1. The van der Waals surface area contributed by atoms with Gasteiger partial charge in [-0.2, -0.15) is 0 Å². The van der Waals surface area contributed by atoms with Gasteiger partial charge in [-0.3, -0.25) is 10.1 Å². The van der Waals surface area contributed by atoms with Crippen molar-refractivity contribution in [3.8, 4) is 22.8 Å². The van der Waals surface area contributed by atoms with Crippen LogP contribution < -0.4 is 20.5 Å². The summed E-state index contributed by atoms with van der Waals surface area (Å²) in [5.41, 5.74) is 7.22. The molecule has 1 aliphatic heterocycles. The number of nitrogens with one attached hydrogen (secondary N) is 1. The lowest BCUT2D eigenvalue weighted by Gasteiger charge is -2.11. The number of halogens is 1. The van der Waals surface area contributed by atoms with Crippen LogP contribution in [0.15, 0.2) is 23.6 Å². The zero-order chi connectivity index (χ0) is 17.8. The lowest BCUT2D eigenvalue weighted by Crippen LogP contribution is -2.29. The Hall–Kier alpha value is -1.87. The van der Waals surface area contributed by atoms with Crippen LogP contribution in [0.5, 0.6) is 11.5 Å². The summed E-state index contributed by atoms with van der Waals surface area (Å²) in [6, 6.07) is 5.57. The molecule has 0 saturated carbocycles. The smallest absolute Gasteiger partial charge is 0.255 e. The van der Waals surface area contributed by atoms with E-state index in [-0.39, 0.29) is 24.4 Å². The van der Waals surface area contributed by atoms with Gasteiger partial charge in [0.05, 0.1) is 26.0 Å². The van der Waals surface area contributed by atoms with Crippen LogP contribution in [0.2, 0.25) is 0 Å². The van der Waals surface area contributed by atoms with E-state index in [0.717, 1.165) is 17.7 Å². The number of nitrogens with zero attached hydrogens (tertiary/aromatic N) is 1. The summed E-state index contributed by atoms with van der Waals surface area (Å²) in [5, 5.41) is 5.24. The third-order valence-electron chi connectivity index (χ3n) is 4.08. The monoisotopic (exact) mass is 399 g/mol. The summed E-state index contributed by atoms with van der Waals surface area (Å²) < 4.78 is 16.2. The minimum atomic E-state index is -0.456. The molecule has 7 nitrogen and oxygen atoms in total. The predicted octanol–water partition coefficient (Wildman–Crippen LogP) is 2.69. The summed E-state index contributed by atoms with van der Waals surface area (Å²) in [7, 11) is 3.18. The fraction of sp³-hybridized carbons (Fsp3) is 0.412. The molecule has 2 aromatic rings. The third kappa shape index (κ3) is 4.45. The van der Waals surface area contributed by atoms with E-state index in [1.807, 2.05) is 23.6 Å². The van der Waals surface area contributed by atoms with Gasteiger partial charge in [0.1, 0.15) is 6.10 Å². The SMILES string of the molecule is COc1ccc(-c2csc(NC(=O)[C@@H]3CC[C@H](CN)O3)n2)cc1OC.Cl. The summed E-state index contributed by atoms with van der Waals surface area (Å²) in [6.45, 7) is 0.435. The van der Waals surface area contributed by atoms with Crippen LogP contribution in [0.4, 0.5) is 5.13 Å². The number of carbonyl (C=O) groups is 1. The van der Waals surface area contributed by atoms with E-state index in [0.29, 0.717) is 29.6 Å². The first-order chi connectivity index (χ1) is 12.1. The van der Waals surface area contributed by atoms with Crippen LogP contribution in [-0.4, -0.2) is 43.9 Å². The number of anilines is 1. The van der Waals surface area contributed by atoms with Gasteiger partial charge in [-0.1, -0.05) is 0 Å². The van der Waals surface area contributed by atoms with Gasteiger partial charge in [-0.25, -0.2) is 4.98 Å². The van der Waals surface area contributed by atoms with E-state index in [2.05, 4.69) is 10.3 Å². The van der Waals surface area contributed by atoms with Crippen molar-refractivity contribution in [2.24, 2.45) is 5.73 Å². The zero-order valence-corrected chi connectivity index (χ0v) is 16.2. The molecule has 1 aromatic heterocycles. The number of hydrogen-bond donors (Lipinski definition) is 2. The second-order valence-corrected chi connectivity index (χ2v) is 6.51. The second kappa shape index (κ2) is 9.18. The van der Waals surface area contributed by atoms with Gasteiger partial charge in [-0.15, -0.1) is 23.7 Å². The Labute approximate surface area is 162 Å². The number of benzene rings is 1. The molecule has 0 bridgehead atoms. The Morgan fingerprint density at radius 1 is 1.35 bits per heavy atom. The summed E-state index contributed by atoms with van der Waals surface area (Å²) in [5.74, 6) is 1.11. The molecule has 9 heteroatoms. The molecule has 3 N–H and O–H groups in total. The van der Waals surface area contributed by atoms with Crippen LogP contribution in [0.1, 0.15) is 12.8 Å². The molecular formula is C17H22ClN3O4S. The summed E-state index contributed by atoms with van der Waals surface area (Å²) in [6.07, 6.45) is 1.00. The topological polar surface area (TPSA) is 95.7 Å². The fourth-order valence-electron chi connectivity index (χ4n) is 2.72. The largest absolute Gasteiger partial charge is 0.493 e. The lowest BCUT2D eigenvalue weighted by atomic mass is 10.1. The van der Waals surface area contributed by atoms with E-state index in [1.165, 1.54) is 11.3 Å². The Morgan fingerprint density at radius 3 is 2.77 bits per heavy atom. The number of aromatic nitrogens is 1. The van der Waals surface area contributed by atoms with Crippen molar-refractivity contribution in [3.63, 3.8) is 0 Å². The van der Waals surface area contributed by atoms with Crippen molar-refractivity contribution < 1.29 is 19.0 Å². The van der Waals surface area contributed by atoms with E-state index in [9.17, 15) is 4.79 Å². The van der Waals surface area contributed by atoms with Gasteiger partial charge in [0.2, 0.25) is 0 Å². The maximum Gasteiger partial charge on any atom is 0.255 e. The molecule has 26 heavy (non-hydrogen) atoms. The number of thiazole rings is 1. The molecule has 2 atom stereocenters. The van der Waals surface area contributed by atoms with Gasteiger partial charge in [0.15, 0.2) is 16.6 Å². The molecule has 0 unspecified atom stereocenters. The van der Waals surface area contributed by atoms with Gasteiger partial charge in [0, 0.05) is 17.5 Å². The summed E-state index contributed by atoms with van der Waals surface area (Å²) >= 11 is 1.37. The highest BCUT2D eigenvalue weighted by atomic mass is 35.5. The molecule has 0 radical (unpaired) electrons. The maximum absolute atomic E-state index is 12.3. The van der Waals surface area contributed by atoms with Crippen LogP contribution in [-0.2, 0) is 9.53 Å². The van der Waals surface area contributed by atoms with Crippen LogP contribution in [0.25, 0.3) is 11.3 Å². The second-order valence-electron chi connectivity index (χ2n) is 5.66. The van der Waals surface area contributed by atoms with E-state index in [4.69, 9.17) is 19.9 Å². The first-order valence-corrected chi connectivity index (χ1v) is 8.87. The molecule has 0 spiro atoms.